The van der Waals surface area contributed by atoms with E-state index in [9.17, 15) is 9.59 Å². The van der Waals surface area contributed by atoms with Crippen LogP contribution in [0.5, 0.6) is 0 Å². The maximum Gasteiger partial charge on any atom is 0.231 e. The molecule has 0 spiro atoms. The van der Waals surface area contributed by atoms with Crippen molar-refractivity contribution in [3.8, 4) is 0 Å². The fourth-order valence-electron chi connectivity index (χ4n) is 2.63. The van der Waals surface area contributed by atoms with Gasteiger partial charge in [-0.15, -0.1) is 0 Å². The lowest BCUT2D eigenvalue weighted by molar-refractivity contribution is -0.128. The number of hydrogen-bond donors (Lipinski definition) is 4. The Kier molecular flexibility index (Phi) is 7.97. The molecule has 0 bridgehead atoms. The van der Waals surface area contributed by atoms with Gasteiger partial charge in [0.25, 0.3) is 0 Å². The topological polar surface area (TPSA) is 112 Å². The molecule has 1 fully saturated rings. The summed E-state index contributed by atoms with van der Waals surface area (Å²) in [5.41, 5.74) is 4.71. The van der Waals surface area contributed by atoms with Crippen LogP contribution in [0.4, 0.5) is 0 Å². The zero-order valence-corrected chi connectivity index (χ0v) is 15.3. The molecule has 1 saturated heterocycles. The van der Waals surface area contributed by atoms with E-state index in [-0.39, 0.29) is 11.8 Å². The number of likely N-dealkylation sites (tertiary alicyclic amines) is 1. The number of carbonyl (C=O) groups is 2. The fraction of sp³-hybridized carbons (Fsp3) is 0.812. The number of amides is 2. The number of nitrogens with one attached hydrogen (secondary N) is 3. The SMILES string of the molecule is CCNC(=O)C(C)(C)CNC(=NC)NC1CCN(CC(N)=O)CC1. The maximum atomic E-state index is 12.0. The zero-order valence-electron chi connectivity index (χ0n) is 15.3. The fourth-order valence-corrected chi connectivity index (χ4v) is 2.63. The molecule has 0 unspecified atom stereocenters. The quantitative estimate of drug-likeness (QED) is 0.360. The van der Waals surface area contributed by atoms with Crippen molar-refractivity contribution in [3.63, 3.8) is 0 Å². The summed E-state index contributed by atoms with van der Waals surface area (Å²) in [7, 11) is 1.72. The number of nitrogens with zero attached hydrogens (tertiary/aromatic N) is 2. The van der Waals surface area contributed by atoms with Crippen LogP contribution in [0.2, 0.25) is 0 Å². The zero-order chi connectivity index (χ0) is 18.2. The first-order valence-electron chi connectivity index (χ1n) is 8.54. The molecule has 1 aliphatic rings. The number of aliphatic imine (C=N–C) groups is 1. The van der Waals surface area contributed by atoms with E-state index in [4.69, 9.17) is 5.73 Å². The summed E-state index contributed by atoms with van der Waals surface area (Å²) in [5, 5.41) is 9.46. The highest BCUT2D eigenvalue weighted by Crippen LogP contribution is 2.14. The first-order valence-corrected chi connectivity index (χ1v) is 8.54. The van der Waals surface area contributed by atoms with Gasteiger partial charge >= 0.3 is 0 Å². The number of piperidine rings is 1. The van der Waals surface area contributed by atoms with E-state index in [0.717, 1.165) is 25.9 Å². The molecule has 1 heterocycles. The Bertz CT molecular complexity index is 455. The first-order chi connectivity index (χ1) is 11.3. The normalized spacial score (nSPS) is 17.4. The molecule has 138 valence electrons. The van der Waals surface area contributed by atoms with Crippen LogP contribution in [0, 0.1) is 5.41 Å². The maximum absolute atomic E-state index is 12.0. The van der Waals surface area contributed by atoms with Crippen LogP contribution in [-0.4, -0.2) is 68.5 Å². The average Bonchev–Trinajstić information content (AvgIpc) is 2.52. The van der Waals surface area contributed by atoms with Crippen molar-refractivity contribution < 1.29 is 9.59 Å². The molecule has 0 radical (unpaired) electrons. The highest BCUT2D eigenvalue weighted by Gasteiger charge is 2.28. The summed E-state index contributed by atoms with van der Waals surface area (Å²) >= 11 is 0. The lowest BCUT2D eigenvalue weighted by atomic mass is 9.92. The van der Waals surface area contributed by atoms with Crippen molar-refractivity contribution >= 4 is 17.8 Å². The van der Waals surface area contributed by atoms with Crippen molar-refractivity contribution in [2.75, 3.05) is 39.8 Å². The average molecular weight is 340 g/mol. The van der Waals surface area contributed by atoms with E-state index in [1.54, 1.807) is 7.05 Å². The van der Waals surface area contributed by atoms with Crippen molar-refractivity contribution in [1.29, 1.82) is 0 Å². The van der Waals surface area contributed by atoms with Gasteiger partial charge in [0, 0.05) is 39.3 Å². The van der Waals surface area contributed by atoms with Gasteiger partial charge in [0.1, 0.15) is 0 Å². The molecule has 5 N–H and O–H groups in total. The van der Waals surface area contributed by atoms with E-state index in [2.05, 4.69) is 25.8 Å². The van der Waals surface area contributed by atoms with Crippen LogP contribution >= 0.6 is 0 Å². The largest absolute Gasteiger partial charge is 0.369 e. The van der Waals surface area contributed by atoms with Crippen LogP contribution in [0.25, 0.3) is 0 Å². The van der Waals surface area contributed by atoms with Gasteiger partial charge in [0.2, 0.25) is 11.8 Å². The lowest BCUT2D eigenvalue weighted by Crippen LogP contribution is -2.52. The Labute approximate surface area is 144 Å². The number of hydrogen-bond acceptors (Lipinski definition) is 4. The molecule has 0 aliphatic carbocycles. The molecular weight excluding hydrogens is 308 g/mol. The first kappa shape index (κ1) is 20.2. The van der Waals surface area contributed by atoms with Gasteiger partial charge in [-0.25, -0.2) is 0 Å². The molecule has 2 amide bonds. The van der Waals surface area contributed by atoms with E-state index in [1.165, 1.54) is 0 Å². The summed E-state index contributed by atoms with van der Waals surface area (Å²) in [4.78, 5) is 29.3. The summed E-state index contributed by atoms with van der Waals surface area (Å²) in [5.74, 6) is 0.430. The summed E-state index contributed by atoms with van der Waals surface area (Å²) in [6.45, 7) is 8.83. The minimum absolute atomic E-state index is 0.0210. The smallest absolute Gasteiger partial charge is 0.231 e. The van der Waals surface area contributed by atoms with Crippen LogP contribution in [0.3, 0.4) is 0 Å². The second kappa shape index (κ2) is 9.46. The highest BCUT2D eigenvalue weighted by atomic mass is 16.2. The molecule has 8 nitrogen and oxygen atoms in total. The van der Waals surface area contributed by atoms with E-state index < -0.39 is 5.41 Å². The number of primary amides is 1. The Morgan fingerprint density at radius 3 is 2.38 bits per heavy atom. The second-order valence-corrected chi connectivity index (χ2v) is 6.83. The number of guanidine groups is 1. The van der Waals surface area contributed by atoms with Gasteiger partial charge in [0.15, 0.2) is 5.96 Å². The Morgan fingerprint density at radius 2 is 1.88 bits per heavy atom. The molecule has 8 heteroatoms. The monoisotopic (exact) mass is 340 g/mol. The Balaban J connectivity index is 2.41. The van der Waals surface area contributed by atoms with Crippen LogP contribution < -0.4 is 21.7 Å². The Morgan fingerprint density at radius 1 is 1.25 bits per heavy atom. The third kappa shape index (κ3) is 6.74. The van der Waals surface area contributed by atoms with Crippen molar-refractivity contribution in [3.05, 3.63) is 0 Å². The molecule has 0 aromatic carbocycles. The number of carbonyl (C=O) groups excluding carboxylic acids is 2. The third-order valence-electron chi connectivity index (χ3n) is 4.18. The van der Waals surface area contributed by atoms with E-state index >= 15 is 0 Å². The van der Waals surface area contributed by atoms with Crippen LogP contribution in [0.1, 0.15) is 33.6 Å². The second-order valence-electron chi connectivity index (χ2n) is 6.83. The van der Waals surface area contributed by atoms with Crippen molar-refractivity contribution in [2.45, 2.75) is 39.7 Å². The van der Waals surface area contributed by atoms with Gasteiger partial charge < -0.3 is 21.7 Å². The molecule has 1 aliphatic heterocycles. The van der Waals surface area contributed by atoms with E-state index in [0.29, 0.717) is 31.6 Å². The van der Waals surface area contributed by atoms with Crippen LogP contribution in [-0.2, 0) is 9.59 Å². The minimum Gasteiger partial charge on any atom is -0.369 e. The predicted octanol–water partition coefficient (Wildman–Crippen LogP) is -0.737. The predicted molar refractivity (Wildman–Crippen MR) is 95.6 cm³/mol. The molecular formula is C16H32N6O2. The van der Waals surface area contributed by atoms with Gasteiger partial charge in [-0.05, 0) is 33.6 Å². The molecule has 0 atom stereocenters. The van der Waals surface area contributed by atoms with Crippen LogP contribution in [0.15, 0.2) is 4.99 Å². The Hall–Kier alpha value is -1.83. The standard InChI is InChI=1S/C16H32N6O2/c1-5-19-14(24)16(2,3)11-20-15(18-4)21-12-6-8-22(9-7-12)10-13(17)23/h12H,5-11H2,1-4H3,(H2,17,23)(H,19,24)(H2,18,20,21). The van der Waals surface area contributed by atoms with E-state index in [1.807, 2.05) is 20.8 Å². The number of nitrogens with two attached hydrogens (primary N) is 1. The van der Waals surface area contributed by atoms with Crippen molar-refractivity contribution in [1.82, 2.24) is 20.9 Å². The van der Waals surface area contributed by atoms with Crippen molar-refractivity contribution in [2.24, 2.45) is 16.1 Å². The number of rotatable bonds is 7. The summed E-state index contributed by atoms with van der Waals surface area (Å²) < 4.78 is 0. The van der Waals surface area contributed by atoms with Gasteiger partial charge in [-0.2, -0.15) is 0 Å². The molecule has 0 aromatic rings. The molecule has 0 saturated carbocycles. The van der Waals surface area contributed by atoms with Gasteiger partial charge in [0.05, 0.1) is 12.0 Å². The summed E-state index contributed by atoms with van der Waals surface area (Å²) in [6, 6.07) is 0.299. The minimum atomic E-state index is -0.515. The van der Waals surface area contributed by atoms with Gasteiger partial charge in [-0.3, -0.25) is 19.5 Å². The molecule has 24 heavy (non-hydrogen) atoms. The third-order valence-corrected chi connectivity index (χ3v) is 4.18. The molecule has 1 rings (SSSR count). The highest BCUT2D eigenvalue weighted by molar-refractivity contribution is 5.84. The lowest BCUT2D eigenvalue weighted by Gasteiger charge is -2.33. The summed E-state index contributed by atoms with van der Waals surface area (Å²) in [6.07, 6.45) is 1.85. The molecule has 0 aromatic heterocycles. The van der Waals surface area contributed by atoms with Gasteiger partial charge in [-0.1, -0.05) is 0 Å².